The summed E-state index contributed by atoms with van der Waals surface area (Å²) in [5.41, 5.74) is 6.74. The van der Waals surface area contributed by atoms with Gasteiger partial charge in [-0.3, -0.25) is 0 Å². The molecule has 0 saturated heterocycles. The van der Waals surface area contributed by atoms with Gasteiger partial charge in [-0.25, -0.2) is 4.79 Å². The van der Waals surface area contributed by atoms with E-state index in [2.05, 4.69) is 0 Å². The van der Waals surface area contributed by atoms with Gasteiger partial charge in [0, 0.05) is 0 Å². The van der Waals surface area contributed by atoms with Gasteiger partial charge in [0.2, 0.25) is 0 Å². The number of carbonyl (C=O) groups excluding carboxylic acids is 1. The zero-order valence-corrected chi connectivity index (χ0v) is 11.2. The number of carbonyl (C=O) groups is 1. The van der Waals surface area contributed by atoms with Crippen LogP contribution in [0.4, 0.5) is 5.69 Å². The molecule has 0 aliphatic carbocycles. The SMILES string of the molecule is CCCOc1ccc(C(=O)OCC(C)C)cc1N. The average molecular weight is 251 g/mol. The predicted molar refractivity (Wildman–Crippen MR) is 71.8 cm³/mol. The summed E-state index contributed by atoms with van der Waals surface area (Å²) in [7, 11) is 0. The number of esters is 1. The van der Waals surface area contributed by atoms with E-state index in [1.807, 2.05) is 20.8 Å². The van der Waals surface area contributed by atoms with Crippen LogP contribution in [0.5, 0.6) is 5.75 Å². The van der Waals surface area contributed by atoms with E-state index in [4.69, 9.17) is 15.2 Å². The molecular formula is C14H21NO3. The predicted octanol–water partition coefficient (Wildman–Crippen LogP) is 2.87. The number of nitrogen functional groups attached to an aromatic ring is 1. The molecule has 1 aromatic rings. The molecule has 0 amide bonds. The first-order valence-electron chi connectivity index (χ1n) is 6.24. The second-order valence-corrected chi connectivity index (χ2v) is 4.59. The van der Waals surface area contributed by atoms with Gasteiger partial charge in [0.25, 0.3) is 0 Å². The van der Waals surface area contributed by atoms with Crippen LogP contribution in [-0.2, 0) is 4.74 Å². The van der Waals surface area contributed by atoms with Crippen LogP contribution >= 0.6 is 0 Å². The quantitative estimate of drug-likeness (QED) is 0.623. The first kappa shape index (κ1) is 14.4. The number of anilines is 1. The molecule has 0 spiro atoms. The van der Waals surface area contributed by atoms with Gasteiger partial charge in [-0.05, 0) is 30.5 Å². The lowest BCUT2D eigenvalue weighted by atomic mass is 10.2. The second kappa shape index (κ2) is 6.89. The molecule has 1 rings (SSSR count). The first-order valence-corrected chi connectivity index (χ1v) is 6.24. The second-order valence-electron chi connectivity index (χ2n) is 4.59. The van der Waals surface area contributed by atoms with Crippen LogP contribution in [0.3, 0.4) is 0 Å². The van der Waals surface area contributed by atoms with Gasteiger partial charge in [-0.2, -0.15) is 0 Å². The molecule has 0 aromatic heterocycles. The van der Waals surface area contributed by atoms with Gasteiger partial charge in [0.05, 0.1) is 24.5 Å². The Kier molecular flexibility index (Phi) is 5.49. The Morgan fingerprint density at radius 2 is 2.11 bits per heavy atom. The normalized spacial score (nSPS) is 10.4. The Bertz CT molecular complexity index is 402. The molecule has 4 nitrogen and oxygen atoms in total. The maximum atomic E-state index is 11.7. The summed E-state index contributed by atoms with van der Waals surface area (Å²) in [6, 6.07) is 4.97. The number of hydrogen-bond acceptors (Lipinski definition) is 4. The maximum absolute atomic E-state index is 11.7. The molecule has 18 heavy (non-hydrogen) atoms. The molecule has 0 radical (unpaired) electrons. The van der Waals surface area contributed by atoms with E-state index >= 15 is 0 Å². The van der Waals surface area contributed by atoms with Gasteiger partial charge in [-0.15, -0.1) is 0 Å². The molecule has 0 heterocycles. The monoisotopic (exact) mass is 251 g/mol. The van der Waals surface area contributed by atoms with E-state index in [0.717, 1.165) is 6.42 Å². The van der Waals surface area contributed by atoms with Crippen LogP contribution < -0.4 is 10.5 Å². The fraction of sp³-hybridized carbons (Fsp3) is 0.500. The van der Waals surface area contributed by atoms with Crippen LogP contribution in [0, 0.1) is 5.92 Å². The lowest BCUT2D eigenvalue weighted by Gasteiger charge is -2.10. The van der Waals surface area contributed by atoms with Crippen molar-refractivity contribution in [3.8, 4) is 5.75 Å². The third-order valence-corrected chi connectivity index (χ3v) is 2.25. The smallest absolute Gasteiger partial charge is 0.338 e. The van der Waals surface area contributed by atoms with Crippen LogP contribution in [0.15, 0.2) is 18.2 Å². The lowest BCUT2D eigenvalue weighted by molar-refractivity contribution is 0.0459. The van der Waals surface area contributed by atoms with E-state index < -0.39 is 0 Å². The summed E-state index contributed by atoms with van der Waals surface area (Å²) in [4.78, 5) is 11.7. The average Bonchev–Trinajstić information content (AvgIpc) is 2.34. The number of hydrogen-bond donors (Lipinski definition) is 1. The molecule has 0 aliphatic rings. The molecule has 0 saturated carbocycles. The summed E-state index contributed by atoms with van der Waals surface area (Å²) in [5.74, 6) is 0.577. The number of ether oxygens (including phenoxy) is 2. The molecule has 0 atom stereocenters. The zero-order chi connectivity index (χ0) is 13.5. The van der Waals surface area contributed by atoms with Crippen molar-refractivity contribution in [3.63, 3.8) is 0 Å². The van der Waals surface area contributed by atoms with Crippen LogP contribution in [-0.4, -0.2) is 19.2 Å². The summed E-state index contributed by atoms with van der Waals surface area (Å²) in [6.07, 6.45) is 0.914. The summed E-state index contributed by atoms with van der Waals surface area (Å²) in [6.45, 7) is 7.02. The van der Waals surface area contributed by atoms with Crippen molar-refractivity contribution in [3.05, 3.63) is 23.8 Å². The van der Waals surface area contributed by atoms with Crippen LogP contribution in [0.2, 0.25) is 0 Å². The lowest BCUT2D eigenvalue weighted by Crippen LogP contribution is -2.10. The Hall–Kier alpha value is -1.71. The summed E-state index contributed by atoms with van der Waals surface area (Å²) < 4.78 is 10.6. The Balaban J connectivity index is 2.68. The van der Waals surface area contributed by atoms with Crippen molar-refractivity contribution in [1.82, 2.24) is 0 Å². The minimum absolute atomic E-state index is 0.318. The molecule has 4 heteroatoms. The van der Waals surface area contributed by atoms with Crippen LogP contribution in [0.25, 0.3) is 0 Å². The highest BCUT2D eigenvalue weighted by atomic mass is 16.5. The molecule has 0 unspecified atom stereocenters. The van der Waals surface area contributed by atoms with Gasteiger partial charge in [-0.1, -0.05) is 20.8 Å². The van der Waals surface area contributed by atoms with Crippen molar-refractivity contribution in [2.24, 2.45) is 5.92 Å². The molecule has 1 aromatic carbocycles. The third kappa shape index (κ3) is 4.28. The topological polar surface area (TPSA) is 61.5 Å². The molecular weight excluding hydrogens is 230 g/mol. The van der Waals surface area contributed by atoms with Gasteiger partial charge in [0.1, 0.15) is 5.75 Å². The minimum atomic E-state index is -0.350. The van der Waals surface area contributed by atoms with Crippen LogP contribution in [0.1, 0.15) is 37.6 Å². The van der Waals surface area contributed by atoms with E-state index in [0.29, 0.717) is 36.1 Å². The first-order chi connectivity index (χ1) is 8.54. The highest BCUT2D eigenvalue weighted by molar-refractivity contribution is 5.91. The standard InChI is InChI=1S/C14H21NO3/c1-4-7-17-13-6-5-11(8-12(13)15)14(16)18-9-10(2)3/h5-6,8,10H,4,7,9,15H2,1-3H3. The third-order valence-electron chi connectivity index (χ3n) is 2.25. The van der Waals surface area contributed by atoms with Crippen molar-refractivity contribution in [1.29, 1.82) is 0 Å². The fourth-order valence-corrected chi connectivity index (χ4v) is 1.34. The molecule has 100 valence electrons. The number of benzene rings is 1. The molecule has 2 N–H and O–H groups in total. The van der Waals surface area contributed by atoms with Gasteiger partial charge >= 0.3 is 5.97 Å². The zero-order valence-electron chi connectivity index (χ0n) is 11.2. The van der Waals surface area contributed by atoms with E-state index in [-0.39, 0.29) is 5.97 Å². The van der Waals surface area contributed by atoms with Crippen molar-refractivity contribution < 1.29 is 14.3 Å². The Morgan fingerprint density at radius 1 is 1.39 bits per heavy atom. The van der Waals surface area contributed by atoms with Gasteiger partial charge in [0.15, 0.2) is 0 Å². The van der Waals surface area contributed by atoms with E-state index in [1.54, 1.807) is 18.2 Å². The summed E-state index contributed by atoms with van der Waals surface area (Å²) in [5, 5.41) is 0. The van der Waals surface area contributed by atoms with E-state index in [9.17, 15) is 4.79 Å². The molecule has 0 fully saturated rings. The molecule has 0 bridgehead atoms. The van der Waals surface area contributed by atoms with Crippen molar-refractivity contribution in [2.75, 3.05) is 18.9 Å². The number of rotatable bonds is 6. The Labute approximate surface area is 108 Å². The maximum Gasteiger partial charge on any atom is 0.338 e. The van der Waals surface area contributed by atoms with Crippen molar-refractivity contribution in [2.45, 2.75) is 27.2 Å². The Morgan fingerprint density at radius 3 is 2.67 bits per heavy atom. The minimum Gasteiger partial charge on any atom is -0.491 e. The highest BCUT2D eigenvalue weighted by Gasteiger charge is 2.10. The highest BCUT2D eigenvalue weighted by Crippen LogP contribution is 2.23. The molecule has 0 aliphatic heterocycles. The van der Waals surface area contributed by atoms with Crippen molar-refractivity contribution >= 4 is 11.7 Å². The fourth-order valence-electron chi connectivity index (χ4n) is 1.34. The van der Waals surface area contributed by atoms with E-state index in [1.165, 1.54) is 0 Å². The largest absolute Gasteiger partial charge is 0.491 e. The van der Waals surface area contributed by atoms with Gasteiger partial charge < -0.3 is 15.2 Å². The summed E-state index contributed by atoms with van der Waals surface area (Å²) >= 11 is 0. The number of nitrogens with two attached hydrogens (primary N) is 1.